The fourth-order valence-corrected chi connectivity index (χ4v) is 2.03. The molecule has 1 aromatic heterocycles. The minimum absolute atomic E-state index is 0.679. The van der Waals surface area contributed by atoms with Crippen molar-refractivity contribution in [1.29, 1.82) is 0 Å². The molecular formula is C14H19N3O. The Kier molecular flexibility index (Phi) is 3.99. The van der Waals surface area contributed by atoms with Crippen LogP contribution in [0, 0.1) is 6.92 Å². The Hall–Kier alpha value is -1.81. The lowest BCUT2D eigenvalue weighted by atomic mass is 10.2. The smallest absolute Gasteiger partial charge is 0.219 e. The van der Waals surface area contributed by atoms with E-state index >= 15 is 0 Å². The highest BCUT2D eigenvalue weighted by Gasteiger charge is 2.13. The number of aromatic nitrogens is 2. The van der Waals surface area contributed by atoms with Crippen LogP contribution in [0.4, 0.5) is 0 Å². The molecule has 96 valence electrons. The zero-order chi connectivity index (χ0) is 13.0. The van der Waals surface area contributed by atoms with Gasteiger partial charge in [0.2, 0.25) is 5.88 Å². The molecule has 2 rings (SSSR count). The fraction of sp³-hybridized carbons (Fsp3) is 0.357. The molecule has 0 aliphatic carbocycles. The lowest BCUT2D eigenvalue weighted by molar-refractivity contribution is 0.378. The third-order valence-electron chi connectivity index (χ3n) is 2.98. The molecule has 0 saturated carbocycles. The van der Waals surface area contributed by atoms with E-state index in [-0.39, 0.29) is 0 Å². The van der Waals surface area contributed by atoms with Crippen LogP contribution in [0.3, 0.4) is 0 Å². The van der Waals surface area contributed by atoms with Crippen LogP contribution in [0.1, 0.15) is 17.5 Å². The van der Waals surface area contributed by atoms with Crippen molar-refractivity contribution in [2.45, 2.75) is 19.8 Å². The summed E-state index contributed by atoms with van der Waals surface area (Å²) < 4.78 is 7.33. The van der Waals surface area contributed by atoms with E-state index in [1.54, 1.807) is 7.11 Å². The van der Waals surface area contributed by atoms with Crippen LogP contribution in [0.5, 0.6) is 5.88 Å². The van der Waals surface area contributed by atoms with Gasteiger partial charge >= 0.3 is 0 Å². The first-order chi connectivity index (χ1) is 8.77. The molecule has 0 atom stereocenters. The van der Waals surface area contributed by atoms with Crippen molar-refractivity contribution in [3.8, 4) is 11.6 Å². The van der Waals surface area contributed by atoms with Gasteiger partial charge in [-0.3, -0.25) is 0 Å². The van der Waals surface area contributed by atoms with Gasteiger partial charge in [0.25, 0.3) is 0 Å². The number of para-hydroxylation sites is 1. The molecule has 4 nitrogen and oxygen atoms in total. The second-order valence-electron chi connectivity index (χ2n) is 4.27. The minimum atomic E-state index is 0.679. The van der Waals surface area contributed by atoms with Gasteiger partial charge in [0, 0.05) is 5.56 Å². The molecule has 0 bridgehead atoms. The molecule has 0 aliphatic rings. The molecule has 0 aliphatic heterocycles. The van der Waals surface area contributed by atoms with Gasteiger partial charge in [0.15, 0.2) is 0 Å². The maximum atomic E-state index is 5.54. The van der Waals surface area contributed by atoms with Crippen LogP contribution >= 0.6 is 0 Å². The summed E-state index contributed by atoms with van der Waals surface area (Å²) in [6.45, 7) is 2.74. The molecule has 0 spiro atoms. The average Bonchev–Trinajstić information content (AvgIpc) is 2.79. The highest BCUT2D eigenvalue weighted by Crippen LogP contribution is 2.25. The highest BCUT2D eigenvalue weighted by molar-refractivity contribution is 5.43. The zero-order valence-corrected chi connectivity index (χ0v) is 10.9. The normalized spacial score (nSPS) is 10.6. The molecule has 1 aromatic carbocycles. The van der Waals surface area contributed by atoms with E-state index in [0.717, 1.165) is 30.0 Å². The van der Waals surface area contributed by atoms with Crippen LogP contribution in [-0.2, 0) is 6.42 Å². The Morgan fingerprint density at radius 1 is 1.33 bits per heavy atom. The van der Waals surface area contributed by atoms with E-state index in [2.05, 4.69) is 18.1 Å². The predicted octanol–water partition coefficient (Wildman–Crippen LogP) is 2.08. The third kappa shape index (κ3) is 2.38. The number of hydrogen-bond donors (Lipinski definition) is 1. The number of benzene rings is 1. The standard InChI is InChI=1S/C14H19N3O/c1-11-6-3-4-8-13(11)17-14(18-2)12(10-16-17)7-5-9-15/h3-4,6,8,10H,5,7,9,15H2,1-2H3. The summed E-state index contributed by atoms with van der Waals surface area (Å²) in [5, 5.41) is 4.42. The number of ether oxygens (including phenoxy) is 1. The maximum absolute atomic E-state index is 5.54. The monoisotopic (exact) mass is 245 g/mol. The second kappa shape index (κ2) is 5.69. The largest absolute Gasteiger partial charge is 0.481 e. The van der Waals surface area contributed by atoms with Gasteiger partial charge in [-0.25, -0.2) is 4.68 Å². The van der Waals surface area contributed by atoms with Crippen molar-refractivity contribution in [2.75, 3.05) is 13.7 Å². The average molecular weight is 245 g/mol. The van der Waals surface area contributed by atoms with Crippen LogP contribution < -0.4 is 10.5 Å². The van der Waals surface area contributed by atoms with Gasteiger partial charge in [-0.15, -0.1) is 0 Å². The molecule has 0 unspecified atom stereocenters. The zero-order valence-electron chi connectivity index (χ0n) is 10.9. The molecule has 0 radical (unpaired) electrons. The van der Waals surface area contributed by atoms with Crippen molar-refractivity contribution in [1.82, 2.24) is 9.78 Å². The van der Waals surface area contributed by atoms with Crippen LogP contribution in [0.15, 0.2) is 30.5 Å². The summed E-state index contributed by atoms with van der Waals surface area (Å²) in [5.41, 5.74) is 8.86. The van der Waals surface area contributed by atoms with E-state index in [1.807, 2.05) is 29.1 Å². The van der Waals surface area contributed by atoms with Crippen LogP contribution in [0.2, 0.25) is 0 Å². The van der Waals surface area contributed by atoms with Crippen molar-refractivity contribution in [3.63, 3.8) is 0 Å². The quantitative estimate of drug-likeness (QED) is 0.877. The predicted molar refractivity (Wildman–Crippen MR) is 72.2 cm³/mol. The fourth-order valence-electron chi connectivity index (χ4n) is 2.03. The second-order valence-corrected chi connectivity index (χ2v) is 4.27. The molecule has 0 fully saturated rings. The molecule has 18 heavy (non-hydrogen) atoms. The summed E-state index contributed by atoms with van der Waals surface area (Å²) in [6, 6.07) is 8.13. The van der Waals surface area contributed by atoms with Gasteiger partial charge in [0.05, 0.1) is 19.0 Å². The Labute approximate surface area is 107 Å². The lowest BCUT2D eigenvalue weighted by Crippen LogP contribution is -2.04. The van der Waals surface area contributed by atoms with Crippen molar-refractivity contribution < 1.29 is 4.74 Å². The summed E-state index contributed by atoms with van der Waals surface area (Å²) in [7, 11) is 1.68. The first-order valence-electron chi connectivity index (χ1n) is 6.15. The van der Waals surface area contributed by atoms with Gasteiger partial charge in [-0.2, -0.15) is 5.10 Å². The number of nitrogens with two attached hydrogens (primary N) is 1. The molecule has 2 aromatic rings. The topological polar surface area (TPSA) is 53.1 Å². The molecule has 0 saturated heterocycles. The summed E-state index contributed by atoms with van der Waals surface area (Å²) in [4.78, 5) is 0. The van der Waals surface area contributed by atoms with Crippen molar-refractivity contribution in [2.24, 2.45) is 5.73 Å². The SMILES string of the molecule is COc1c(CCCN)cnn1-c1ccccc1C. The molecule has 0 amide bonds. The molecular weight excluding hydrogens is 226 g/mol. The number of rotatable bonds is 5. The van der Waals surface area contributed by atoms with Crippen LogP contribution in [-0.4, -0.2) is 23.4 Å². The van der Waals surface area contributed by atoms with E-state index in [1.165, 1.54) is 5.56 Å². The summed E-state index contributed by atoms with van der Waals surface area (Å²) >= 11 is 0. The van der Waals surface area contributed by atoms with E-state index in [9.17, 15) is 0 Å². The molecule has 2 N–H and O–H groups in total. The van der Waals surface area contributed by atoms with Gasteiger partial charge in [-0.05, 0) is 37.9 Å². The summed E-state index contributed by atoms with van der Waals surface area (Å²) in [6.07, 6.45) is 3.70. The van der Waals surface area contributed by atoms with E-state index < -0.39 is 0 Å². The van der Waals surface area contributed by atoms with Gasteiger partial charge < -0.3 is 10.5 Å². The van der Waals surface area contributed by atoms with Gasteiger partial charge in [0.1, 0.15) is 0 Å². The number of aryl methyl sites for hydroxylation is 2. The van der Waals surface area contributed by atoms with Crippen molar-refractivity contribution in [3.05, 3.63) is 41.6 Å². The Morgan fingerprint density at radius 3 is 2.78 bits per heavy atom. The Bertz CT molecular complexity index is 520. The highest BCUT2D eigenvalue weighted by atomic mass is 16.5. The first kappa shape index (κ1) is 12.6. The summed E-state index contributed by atoms with van der Waals surface area (Å²) in [5.74, 6) is 0.803. The van der Waals surface area contributed by atoms with Crippen molar-refractivity contribution >= 4 is 0 Å². The minimum Gasteiger partial charge on any atom is -0.481 e. The number of hydrogen-bond acceptors (Lipinski definition) is 3. The van der Waals surface area contributed by atoms with E-state index in [0.29, 0.717) is 6.54 Å². The third-order valence-corrected chi connectivity index (χ3v) is 2.98. The number of nitrogens with zero attached hydrogens (tertiary/aromatic N) is 2. The lowest BCUT2D eigenvalue weighted by Gasteiger charge is -2.10. The molecule has 1 heterocycles. The molecule has 4 heteroatoms. The Morgan fingerprint density at radius 2 is 2.11 bits per heavy atom. The van der Waals surface area contributed by atoms with E-state index in [4.69, 9.17) is 10.5 Å². The maximum Gasteiger partial charge on any atom is 0.219 e. The first-order valence-corrected chi connectivity index (χ1v) is 6.15. The number of methoxy groups -OCH3 is 1. The van der Waals surface area contributed by atoms with Crippen LogP contribution in [0.25, 0.3) is 5.69 Å². The Balaban J connectivity index is 2.40. The van der Waals surface area contributed by atoms with Gasteiger partial charge in [-0.1, -0.05) is 18.2 Å².